The van der Waals surface area contributed by atoms with E-state index in [1.54, 1.807) is 36.5 Å². The molecule has 0 aliphatic heterocycles. The van der Waals surface area contributed by atoms with Crippen LogP contribution >= 0.6 is 24.8 Å². The Hall–Kier alpha value is -2.02. The molecule has 0 spiro atoms. The number of amides is 1. The van der Waals surface area contributed by atoms with Crippen molar-refractivity contribution in [2.45, 2.75) is 25.3 Å². The fourth-order valence-corrected chi connectivity index (χ4v) is 2.68. The summed E-state index contributed by atoms with van der Waals surface area (Å²) in [6, 6.07) is 12.5. The number of nitrogens with one attached hydrogen (secondary N) is 1. The Labute approximate surface area is 171 Å². The summed E-state index contributed by atoms with van der Waals surface area (Å²) in [5.41, 5.74) is 5.48. The number of carbonyl (C=O) groups is 1. The summed E-state index contributed by atoms with van der Waals surface area (Å²) in [6.45, 7) is 2.39. The monoisotopic (exact) mass is 413 g/mol. The number of carbonyl (C=O) groups excluding carboxylic acids is 1. The zero-order chi connectivity index (χ0) is 17.7. The molecule has 0 saturated heterocycles. The summed E-state index contributed by atoms with van der Waals surface area (Å²) in [4.78, 5) is 16.2. The number of pyridine rings is 1. The van der Waals surface area contributed by atoms with Crippen molar-refractivity contribution in [3.8, 4) is 17.4 Å². The lowest BCUT2D eigenvalue weighted by atomic mass is 9.96. The molecule has 6 nitrogen and oxygen atoms in total. The smallest absolute Gasteiger partial charge is 0.258 e. The zero-order valence-electron chi connectivity index (χ0n) is 15.1. The Morgan fingerprint density at radius 3 is 2.41 bits per heavy atom. The quantitative estimate of drug-likeness (QED) is 0.692. The van der Waals surface area contributed by atoms with E-state index in [9.17, 15) is 4.79 Å². The highest BCUT2D eigenvalue weighted by molar-refractivity contribution is 5.85. The van der Waals surface area contributed by atoms with E-state index in [1.807, 2.05) is 19.1 Å². The highest BCUT2D eigenvalue weighted by Crippen LogP contribution is 2.38. The average Bonchev–Trinajstić information content (AvgIpc) is 3.48. The molecule has 3 N–H and O–H groups in total. The summed E-state index contributed by atoms with van der Waals surface area (Å²) in [6.07, 6.45) is 3.90. The van der Waals surface area contributed by atoms with E-state index in [0.717, 1.165) is 12.8 Å². The Morgan fingerprint density at radius 2 is 1.85 bits per heavy atom. The van der Waals surface area contributed by atoms with Crippen LogP contribution in [0.25, 0.3) is 0 Å². The summed E-state index contributed by atoms with van der Waals surface area (Å²) >= 11 is 0. The standard InChI is InChI=1S/C19H23N3O3.2ClH/c1-19(13-20,14-5-6-14)22-17(23)12-24-15-7-9-16(10-8-15)25-18-4-2-3-11-21-18;;/h2-4,7-11,14H,5-6,12-13,20H2,1H3,(H,22,23);2*1H. The minimum Gasteiger partial charge on any atom is -0.484 e. The van der Waals surface area contributed by atoms with Gasteiger partial charge in [0.1, 0.15) is 11.5 Å². The van der Waals surface area contributed by atoms with E-state index in [1.165, 1.54) is 0 Å². The number of nitrogens with zero attached hydrogens (tertiary/aromatic N) is 1. The minimum atomic E-state index is -0.333. The molecule has 3 rings (SSSR count). The number of halogens is 2. The van der Waals surface area contributed by atoms with Gasteiger partial charge in [0, 0.05) is 18.8 Å². The van der Waals surface area contributed by atoms with E-state index in [2.05, 4.69) is 10.3 Å². The molecule has 0 bridgehead atoms. The molecule has 1 aromatic carbocycles. The molecule has 1 heterocycles. The van der Waals surface area contributed by atoms with Crippen molar-refractivity contribution in [1.82, 2.24) is 10.3 Å². The third kappa shape index (κ3) is 6.57. The first kappa shape index (κ1) is 23.0. The maximum absolute atomic E-state index is 12.1. The number of benzene rings is 1. The van der Waals surface area contributed by atoms with Crippen LogP contribution in [0.15, 0.2) is 48.7 Å². The van der Waals surface area contributed by atoms with Gasteiger partial charge in [-0.3, -0.25) is 4.79 Å². The Morgan fingerprint density at radius 1 is 1.19 bits per heavy atom. The van der Waals surface area contributed by atoms with E-state index < -0.39 is 0 Å². The second kappa shape index (κ2) is 10.3. The van der Waals surface area contributed by atoms with E-state index in [0.29, 0.717) is 29.8 Å². The normalized spacial score (nSPS) is 14.7. The van der Waals surface area contributed by atoms with Crippen molar-refractivity contribution in [2.75, 3.05) is 13.2 Å². The number of hydrogen-bond acceptors (Lipinski definition) is 5. The maximum Gasteiger partial charge on any atom is 0.258 e. The fraction of sp³-hybridized carbons (Fsp3) is 0.368. The lowest BCUT2D eigenvalue weighted by Gasteiger charge is -2.29. The van der Waals surface area contributed by atoms with E-state index >= 15 is 0 Å². The number of hydrogen-bond donors (Lipinski definition) is 2. The largest absolute Gasteiger partial charge is 0.484 e. The summed E-state index contributed by atoms with van der Waals surface area (Å²) < 4.78 is 11.2. The Bertz CT molecular complexity index is 712. The first-order chi connectivity index (χ1) is 12.1. The number of aromatic nitrogens is 1. The van der Waals surface area contributed by atoms with Crippen LogP contribution in [0.3, 0.4) is 0 Å². The molecule has 1 unspecified atom stereocenters. The van der Waals surface area contributed by atoms with Crippen molar-refractivity contribution in [3.05, 3.63) is 48.7 Å². The summed E-state index contributed by atoms with van der Waals surface area (Å²) in [7, 11) is 0. The first-order valence-corrected chi connectivity index (χ1v) is 8.42. The lowest BCUT2D eigenvalue weighted by Crippen LogP contribution is -2.54. The van der Waals surface area contributed by atoms with Crippen LogP contribution in [0.4, 0.5) is 0 Å². The average molecular weight is 414 g/mol. The van der Waals surface area contributed by atoms with E-state index in [-0.39, 0.29) is 42.9 Å². The third-order valence-electron chi connectivity index (χ3n) is 4.38. The maximum atomic E-state index is 12.1. The van der Waals surface area contributed by atoms with Gasteiger partial charge in [-0.2, -0.15) is 0 Å². The van der Waals surface area contributed by atoms with E-state index in [4.69, 9.17) is 15.2 Å². The predicted octanol–water partition coefficient (Wildman–Crippen LogP) is 3.34. The topological polar surface area (TPSA) is 86.5 Å². The predicted molar refractivity (Wildman–Crippen MR) is 109 cm³/mol. The molecular formula is C19H25Cl2N3O3. The van der Waals surface area contributed by atoms with Crippen molar-refractivity contribution in [3.63, 3.8) is 0 Å². The molecule has 1 fully saturated rings. The Balaban J connectivity index is 0.00000182. The fourth-order valence-electron chi connectivity index (χ4n) is 2.68. The van der Waals surface area contributed by atoms with Gasteiger partial charge in [0.2, 0.25) is 5.88 Å². The molecule has 148 valence electrons. The minimum absolute atomic E-state index is 0. The van der Waals surface area contributed by atoms with Crippen molar-refractivity contribution >= 4 is 30.7 Å². The lowest BCUT2D eigenvalue weighted by molar-refractivity contribution is -0.125. The molecule has 2 aromatic rings. The van der Waals surface area contributed by atoms with Crippen LogP contribution in [-0.2, 0) is 4.79 Å². The molecule has 1 aliphatic carbocycles. The molecular weight excluding hydrogens is 389 g/mol. The van der Waals surface area contributed by atoms with Gasteiger partial charge in [0.05, 0.1) is 5.54 Å². The highest BCUT2D eigenvalue weighted by atomic mass is 35.5. The van der Waals surface area contributed by atoms with Gasteiger partial charge in [-0.1, -0.05) is 6.07 Å². The molecule has 27 heavy (non-hydrogen) atoms. The summed E-state index contributed by atoms with van der Waals surface area (Å²) in [5.74, 6) is 2.10. The molecule has 1 aromatic heterocycles. The van der Waals surface area contributed by atoms with Gasteiger partial charge < -0.3 is 20.5 Å². The van der Waals surface area contributed by atoms with Gasteiger partial charge in [-0.25, -0.2) is 4.98 Å². The second-order valence-electron chi connectivity index (χ2n) is 6.47. The van der Waals surface area contributed by atoms with Gasteiger partial charge in [-0.15, -0.1) is 24.8 Å². The van der Waals surface area contributed by atoms with Gasteiger partial charge >= 0.3 is 0 Å². The van der Waals surface area contributed by atoms with Crippen molar-refractivity contribution < 1.29 is 14.3 Å². The summed E-state index contributed by atoms with van der Waals surface area (Å²) in [5, 5.41) is 3.00. The molecule has 8 heteroatoms. The molecule has 1 aliphatic rings. The van der Waals surface area contributed by atoms with Crippen LogP contribution in [0.1, 0.15) is 19.8 Å². The first-order valence-electron chi connectivity index (χ1n) is 8.42. The zero-order valence-corrected chi connectivity index (χ0v) is 16.7. The second-order valence-corrected chi connectivity index (χ2v) is 6.47. The number of rotatable bonds is 8. The Kier molecular flexibility index (Phi) is 8.82. The molecule has 1 amide bonds. The molecule has 1 saturated carbocycles. The number of nitrogens with two attached hydrogens (primary N) is 1. The van der Waals surface area contributed by atoms with Crippen LogP contribution in [0, 0.1) is 5.92 Å². The molecule has 0 radical (unpaired) electrons. The van der Waals surface area contributed by atoms with Gasteiger partial charge in [0.15, 0.2) is 6.61 Å². The van der Waals surface area contributed by atoms with Crippen LogP contribution in [0.5, 0.6) is 17.4 Å². The third-order valence-corrected chi connectivity index (χ3v) is 4.38. The van der Waals surface area contributed by atoms with Crippen LogP contribution in [-0.4, -0.2) is 29.6 Å². The van der Waals surface area contributed by atoms with Gasteiger partial charge in [-0.05, 0) is 56.0 Å². The SMILES string of the molecule is CC(CN)(NC(=O)COc1ccc(Oc2ccccn2)cc1)C1CC1.Cl.Cl. The number of ether oxygens (including phenoxy) is 2. The van der Waals surface area contributed by atoms with Crippen LogP contribution < -0.4 is 20.5 Å². The highest BCUT2D eigenvalue weighted by Gasteiger charge is 2.41. The molecule has 1 atom stereocenters. The van der Waals surface area contributed by atoms with Crippen molar-refractivity contribution in [2.24, 2.45) is 11.7 Å². The van der Waals surface area contributed by atoms with Crippen LogP contribution in [0.2, 0.25) is 0 Å². The van der Waals surface area contributed by atoms with Crippen molar-refractivity contribution in [1.29, 1.82) is 0 Å². The van der Waals surface area contributed by atoms with Gasteiger partial charge in [0.25, 0.3) is 5.91 Å².